The molecule has 0 saturated heterocycles. The van der Waals surface area contributed by atoms with Gasteiger partial charge in [-0.25, -0.2) is 9.78 Å². The summed E-state index contributed by atoms with van der Waals surface area (Å²) in [7, 11) is 0. The number of anilines is 1. The lowest BCUT2D eigenvalue weighted by Gasteiger charge is -2.24. The van der Waals surface area contributed by atoms with E-state index in [1.165, 1.54) is 0 Å². The van der Waals surface area contributed by atoms with Crippen molar-refractivity contribution in [2.24, 2.45) is 0 Å². The third-order valence-corrected chi connectivity index (χ3v) is 5.01. The van der Waals surface area contributed by atoms with Crippen LogP contribution in [-0.4, -0.2) is 32.8 Å². The Labute approximate surface area is 182 Å². The summed E-state index contributed by atoms with van der Waals surface area (Å²) in [6.07, 6.45) is 3.22. The van der Waals surface area contributed by atoms with Gasteiger partial charge in [0.05, 0.1) is 11.1 Å². The predicted molar refractivity (Wildman–Crippen MR) is 118 cm³/mol. The quantitative estimate of drug-likeness (QED) is 0.388. The second kappa shape index (κ2) is 8.89. The van der Waals surface area contributed by atoms with Crippen molar-refractivity contribution < 1.29 is 19.7 Å². The Morgan fingerprint density at radius 1 is 1.03 bits per heavy atom. The SMILES string of the molecule is O=C(O)COc1ccccc1[C@@H](Nc1ccccn1)c1cc(Cl)c2cccnc2c1O. The molecule has 0 spiro atoms. The molecule has 4 rings (SSSR count). The minimum absolute atomic E-state index is 0.0403. The van der Waals surface area contributed by atoms with Gasteiger partial charge in [-0.3, -0.25) is 4.98 Å². The third-order valence-electron chi connectivity index (χ3n) is 4.69. The number of rotatable bonds is 7. The number of para-hydroxylation sites is 1. The molecule has 4 aromatic rings. The van der Waals surface area contributed by atoms with Crippen LogP contribution < -0.4 is 10.1 Å². The fourth-order valence-electron chi connectivity index (χ4n) is 3.34. The van der Waals surface area contributed by atoms with Crippen LogP contribution in [0.2, 0.25) is 5.02 Å². The molecule has 31 heavy (non-hydrogen) atoms. The van der Waals surface area contributed by atoms with Gasteiger partial charge in [0.2, 0.25) is 0 Å². The molecule has 0 bridgehead atoms. The van der Waals surface area contributed by atoms with Gasteiger partial charge in [0.1, 0.15) is 22.8 Å². The molecule has 2 aromatic carbocycles. The lowest BCUT2D eigenvalue weighted by atomic mass is 9.95. The highest BCUT2D eigenvalue weighted by Crippen LogP contribution is 2.41. The van der Waals surface area contributed by atoms with E-state index in [1.807, 2.05) is 6.07 Å². The molecule has 0 aliphatic carbocycles. The Hall–Kier alpha value is -3.84. The smallest absolute Gasteiger partial charge is 0.341 e. The van der Waals surface area contributed by atoms with E-state index >= 15 is 0 Å². The second-order valence-electron chi connectivity index (χ2n) is 6.71. The Bertz CT molecular complexity index is 1230. The molecule has 2 heterocycles. The maximum Gasteiger partial charge on any atom is 0.341 e. The van der Waals surface area contributed by atoms with E-state index in [-0.39, 0.29) is 5.75 Å². The van der Waals surface area contributed by atoms with E-state index < -0.39 is 18.6 Å². The van der Waals surface area contributed by atoms with Crippen LogP contribution in [0.3, 0.4) is 0 Å². The molecule has 156 valence electrons. The predicted octanol–water partition coefficient (Wildman–Crippen LogP) is 4.65. The van der Waals surface area contributed by atoms with Crippen LogP contribution in [0, 0.1) is 0 Å². The zero-order chi connectivity index (χ0) is 21.8. The molecular formula is C23H18ClN3O4. The number of aromatic hydroxyl groups is 1. The van der Waals surface area contributed by atoms with Crippen molar-refractivity contribution in [3.05, 3.63) is 89.2 Å². The van der Waals surface area contributed by atoms with Gasteiger partial charge in [-0.1, -0.05) is 35.9 Å². The summed E-state index contributed by atoms with van der Waals surface area (Å²) < 4.78 is 5.51. The summed E-state index contributed by atoms with van der Waals surface area (Å²) in [6, 6.07) is 16.9. The molecular weight excluding hydrogens is 418 g/mol. The molecule has 0 aliphatic heterocycles. The normalized spacial score (nSPS) is 11.8. The molecule has 0 saturated carbocycles. The monoisotopic (exact) mass is 435 g/mol. The fourth-order valence-corrected chi connectivity index (χ4v) is 3.61. The molecule has 0 fully saturated rings. The number of phenolic OH excluding ortho intramolecular Hbond substituents is 1. The first-order valence-corrected chi connectivity index (χ1v) is 9.79. The molecule has 0 unspecified atom stereocenters. The highest BCUT2D eigenvalue weighted by atomic mass is 35.5. The topological polar surface area (TPSA) is 105 Å². The zero-order valence-corrected chi connectivity index (χ0v) is 17.0. The van der Waals surface area contributed by atoms with E-state index in [2.05, 4.69) is 15.3 Å². The number of benzene rings is 2. The number of carboxylic acids is 1. The number of nitrogens with zero attached hydrogens (tertiary/aromatic N) is 2. The van der Waals surface area contributed by atoms with E-state index in [9.17, 15) is 9.90 Å². The molecule has 1 atom stereocenters. The number of fused-ring (bicyclic) bond motifs is 1. The number of pyridine rings is 2. The minimum atomic E-state index is -1.09. The molecule has 0 aliphatic rings. The van der Waals surface area contributed by atoms with E-state index in [0.29, 0.717) is 38.6 Å². The molecule has 7 nitrogen and oxygen atoms in total. The first kappa shape index (κ1) is 20.4. The summed E-state index contributed by atoms with van der Waals surface area (Å²) >= 11 is 6.51. The number of phenols is 1. The molecule has 0 amide bonds. The van der Waals surface area contributed by atoms with Crippen LogP contribution in [0.4, 0.5) is 5.82 Å². The number of aromatic nitrogens is 2. The second-order valence-corrected chi connectivity index (χ2v) is 7.12. The molecule has 8 heteroatoms. The number of halogens is 1. The van der Waals surface area contributed by atoms with Gasteiger partial charge in [0.25, 0.3) is 0 Å². The summed E-state index contributed by atoms with van der Waals surface area (Å²) in [6.45, 7) is -0.501. The van der Waals surface area contributed by atoms with Gasteiger partial charge in [-0.05, 0) is 36.4 Å². The molecule has 3 N–H and O–H groups in total. The van der Waals surface area contributed by atoms with E-state index in [0.717, 1.165) is 0 Å². The lowest BCUT2D eigenvalue weighted by Crippen LogP contribution is -2.17. The first-order chi connectivity index (χ1) is 15.0. The number of hydrogen-bond acceptors (Lipinski definition) is 6. The number of ether oxygens (including phenoxy) is 1. The first-order valence-electron chi connectivity index (χ1n) is 9.42. The Morgan fingerprint density at radius 2 is 1.81 bits per heavy atom. The van der Waals surface area contributed by atoms with Crippen molar-refractivity contribution in [3.8, 4) is 11.5 Å². The maximum atomic E-state index is 11.1. The number of carboxylic acid groups (broad SMARTS) is 1. The molecule has 0 radical (unpaired) electrons. The van der Waals surface area contributed by atoms with Crippen molar-refractivity contribution in [1.82, 2.24) is 9.97 Å². The van der Waals surface area contributed by atoms with Crippen LogP contribution in [0.1, 0.15) is 17.2 Å². The number of carbonyl (C=O) groups is 1. The average molecular weight is 436 g/mol. The Balaban J connectivity index is 1.88. The maximum absolute atomic E-state index is 11.1. The Morgan fingerprint density at radius 3 is 2.58 bits per heavy atom. The molecule has 2 aromatic heterocycles. The van der Waals surface area contributed by atoms with Gasteiger partial charge in [0.15, 0.2) is 6.61 Å². The summed E-state index contributed by atoms with van der Waals surface area (Å²) in [5, 5.41) is 24.4. The van der Waals surface area contributed by atoms with Crippen molar-refractivity contribution in [3.63, 3.8) is 0 Å². The zero-order valence-electron chi connectivity index (χ0n) is 16.2. The average Bonchev–Trinajstić information content (AvgIpc) is 2.80. The van der Waals surface area contributed by atoms with Gasteiger partial charge in [-0.2, -0.15) is 0 Å². The van der Waals surface area contributed by atoms with Gasteiger partial charge >= 0.3 is 5.97 Å². The van der Waals surface area contributed by atoms with E-state index in [4.69, 9.17) is 21.4 Å². The number of aliphatic carboxylic acids is 1. The summed E-state index contributed by atoms with van der Waals surface area (Å²) in [4.78, 5) is 19.6. The standard InChI is InChI=1S/C23H18ClN3O4/c24-17-12-16(23(30)22-14(17)7-5-11-26-22)21(27-19-9-3-4-10-25-19)15-6-1-2-8-18(15)31-13-20(28)29/h1-12,21,30H,13H2,(H,25,27)(H,28,29)/t21-/m1/s1. The third kappa shape index (κ3) is 4.36. The van der Waals surface area contributed by atoms with Crippen LogP contribution in [0.15, 0.2) is 73.1 Å². The van der Waals surface area contributed by atoms with Crippen molar-refractivity contribution >= 4 is 34.3 Å². The van der Waals surface area contributed by atoms with Crippen molar-refractivity contribution in [1.29, 1.82) is 0 Å². The Kier molecular flexibility index (Phi) is 5.86. The number of hydrogen-bond donors (Lipinski definition) is 3. The lowest BCUT2D eigenvalue weighted by molar-refractivity contribution is -0.139. The van der Waals surface area contributed by atoms with Gasteiger partial charge in [-0.15, -0.1) is 0 Å². The van der Waals surface area contributed by atoms with Crippen molar-refractivity contribution in [2.75, 3.05) is 11.9 Å². The largest absolute Gasteiger partial charge is 0.505 e. The highest BCUT2D eigenvalue weighted by molar-refractivity contribution is 6.35. The van der Waals surface area contributed by atoms with Gasteiger partial charge < -0.3 is 20.3 Å². The summed E-state index contributed by atoms with van der Waals surface area (Å²) in [5.74, 6) is -0.224. The van der Waals surface area contributed by atoms with Crippen LogP contribution >= 0.6 is 11.6 Å². The summed E-state index contributed by atoms with van der Waals surface area (Å²) in [5.41, 5.74) is 1.42. The highest BCUT2D eigenvalue weighted by Gasteiger charge is 2.25. The minimum Gasteiger partial charge on any atom is -0.505 e. The number of nitrogens with one attached hydrogen (secondary N) is 1. The van der Waals surface area contributed by atoms with Crippen LogP contribution in [0.25, 0.3) is 10.9 Å². The van der Waals surface area contributed by atoms with E-state index in [1.54, 1.807) is 67.0 Å². The van der Waals surface area contributed by atoms with Crippen LogP contribution in [0.5, 0.6) is 11.5 Å². The van der Waals surface area contributed by atoms with Crippen LogP contribution in [-0.2, 0) is 4.79 Å². The van der Waals surface area contributed by atoms with Crippen molar-refractivity contribution in [2.45, 2.75) is 6.04 Å². The fraction of sp³-hybridized carbons (Fsp3) is 0.0870. The van der Waals surface area contributed by atoms with Gasteiger partial charge in [0, 0.05) is 28.9 Å².